The van der Waals surface area contributed by atoms with Gasteiger partial charge in [-0.05, 0) is 19.8 Å². The minimum atomic E-state index is -0.173. The number of aryl methyl sites for hydroxylation is 1. The molecule has 2 rings (SSSR count). The molecule has 0 bridgehead atoms. The Balaban J connectivity index is 1.98. The molecule has 1 fully saturated rings. The van der Waals surface area contributed by atoms with Crippen molar-refractivity contribution in [1.29, 1.82) is 0 Å². The molecule has 0 amide bonds. The molecule has 6 heteroatoms. The summed E-state index contributed by atoms with van der Waals surface area (Å²) in [4.78, 5) is 11.1. The molecule has 106 valence electrons. The molecule has 5 nitrogen and oxygen atoms in total. The van der Waals surface area contributed by atoms with E-state index < -0.39 is 0 Å². The average molecular weight is 283 g/mol. The number of hydrogen-bond acceptors (Lipinski definition) is 5. The van der Waals surface area contributed by atoms with Gasteiger partial charge in [-0.3, -0.25) is 4.79 Å². The minimum Gasteiger partial charge on any atom is -0.469 e. The number of methoxy groups -OCH3 is 1. The lowest BCUT2D eigenvalue weighted by molar-refractivity contribution is -0.140. The highest BCUT2D eigenvalue weighted by Gasteiger charge is 2.21. The lowest BCUT2D eigenvalue weighted by Gasteiger charge is -2.24. The van der Waals surface area contributed by atoms with E-state index in [-0.39, 0.29) is 5.97 Å². The fraction of sp³-hybridized carbons (Fsp3) is 0.769. The van der Waals surface area contributed by atoms with Gasteiger partial charge in [-0.15, -0.1) is 10.2 Å². The zero-order valence-electron chi connectivity index (χ0n) is 11.6. The number of rotatable bonds is 5. The van der Waals surface area contributed by atoms with Crippen LogP contribution in [0.2, 0.25) is 0 Å². The third-order valence-electron chi connectivity index (χ3n) is 3.54. The van der Waals surface area contributed by atoms with E-state index in [4.69, 9.17) is 0 Å². The highest BCUT2D eigenvalue weighted by molar-refractivity contribution is 7.99. The lowest BCUT2D eigenvalue weighted by atomic mass is 9.95. The summed E-state index contributed by atoms with van der Waals surface area (Å²) < 4.78 is 6.90. The molecular formula is C13H21N3O2S. The number of carbonyl (C=O) groups is 1. The highest BCUT2D eigenvalue weighted by Crippen LogP contribution is 2.32. The van der Waals surface area contributed by atoms with Crippen molar-refractivity contribution < 1.29 is 9.53 Å². The first kappa shape index (κ1) is 14.4. The van der Waals surface area contributed by atoms with Crippen molar-refractivity contribution in [3.63, 3.8) is 0 Å². The zero-order chi connectivity index (χ0) is 13.7. The molecule has 0 spiro atoms. The normalized spacial score (nSPS) is 16.5. The Hall–Kier alpha value is -1.04. The van der Waals surface area contributed by atoms with E-state index in [0.29, 0.717) is 18.2 Å². The minimum absolute atomic E-state index is 0.173. The second-order valence-electron chi connectivity index (χ2n) is 4.87. The van der Waals surface area contributed by atoms with Gasteiger partial charge in [-0.2, -0.15) is 0 Å². The molecule has 1 aliphatic rings. The Bertz CT molecular complexity index is 428. The maximum absolute atomic E-state index is 11.1. The average Bonchev–Trinajstić information content (AvgIpc) is 2.80. The Morgan fingerprint density at radius 3 is 2.79 bits per heavy atom. The Labute approximate surface area is 118 Å². The maximum Gasteiger partial charge on any atom is 0.306 e. The molecule has 0 saturated heterocycles. The van der Waals surface area contributed by atoms with Crippen molar-refractivity contribution in [2.75, 3.05) is 12.9 Å². The fourth-order valence-corrected chi connectivity index (χ4v) is 3.51. The topological polar surface area (TPSA) is 57.0 Å². The highest BCUT2D eigenvalue weighted by atomic mass is 32.2. The predicted molar refractivity (Wildman–Crippen MR) is 74.2 cm³/mol. The van der Waals surface area contributed by atoms with Crippen LogP contribution in [-0.4, -0.2) is 33.6 Å². The third kappa shape index (κ3) is 3.72. The summed E-state index contributed by atoms with van der Waals surface area (Å²) in [6.07, 6.45) is 6.75. The van der Waals surface area contributed by atoms with Gasteiger partial charge in [-0.1, -0.05) is 31.0 Å². The second-order valence-corrected chi connectivity index (χ2v) is 5.93. The Morgan fingerprint density at radius 2 is 2.11 bits per heavy atom. The van der Waals surface area contributed by atoms with Gasteiger partial charge in [-0.25, -0.2) is 0 Å². The second kappa shape index (κ2) is 6.93. The van der Waals surface area contributed by atoms with E-state index in [0.717, 1.165) is 11.0 Å². The van der Waals surface area contributed by atoms with Crippen LogP contribution in [0.15, 0.2) is 5.16 Å². The van der Waals surface area contributed by atoms with E-state index in [9.17, 15) is 4.79 Å². The third-order valence-corrected chi connectivity index (χ3v) is 4.48. The molecule has 1 aromatic rings. The molecule has 1 aromatic heterocycles. The van der Waals surface area contributed by atoms with Crippen LogP contribution in [0.25, 0.3) is 0 Å². The maximum atomic E-state index is 11.1. The van der Waals surface area contributed by atoms with Gasteiger partial charge in [0.1, 0.15) is 5.82 Å². The molecule has 0 aliphatic heterocycles. The van der Waals surface area contributed by atoms with Gasteiger partial charge in [0.05, 0.1) is 13.5 Å². The number of hydrogen-bond donors (Lipinski definition) is 0. The van der Waals surface area contributed by atoms with Crippen LogP contribution in [0, 0.1) is 6.92 Å². The SMILES string of the molecule is COC(=O)CCSc1nnc(C)n1C1CCCCC1. The van der Waals surface area contributed by atoms with Gasteiger partial charge in [0.2, 0.25) is 0 Å². The largest absolute Gasteiger partial charge is 0.469 e. The molecular weight excluding hydrogens is 262 g/mol. The molecule has 0 unspecified atom stereocenters. The summed E-state index contributed by atoms with van der Waals surface area (Å²) in [5, 5.41) is 9.36. The van der Waals surface area contributed by atoms with Gasteiger partial charge in [0, 0.05) is 11.8 Å². The molecule has 0 atom stereocenters. The lowest BCUT2D eigenvalue weighted by Crippen LogP contribution is -2.15. The van der Waals surface area contributed by atoms with Crippen molar-refractivity contribution >= 4 is 17.7 Å². The van der Waals surface area contributed by atoms with Crippen molar-refractivity contribution in [3.8, 4) is 0 Å². The molecule has 1 aliphatic carbocycles. The Kier molecular flexibility index (Phi) is 5.24. The molecule has 1 saturated carbocycles. The number of nitrogens with zero attached hydrogens (tertiary/aromatic N) is 3. The number of thioether (sulfide) groups is 1. The van der Waals surface area contributed by atoms with E-state index in [1.807, 2.05) is 6.92 Å². The number of carbonyl (C=O) groups excluding carboxylic acids is 1. The first-order valence-corrected chi connectivity index (χ1v) is 7.82. The van der Waals surface area contributed by atoms with Crippen LogP contribution >= 0.6 is 11.8 Å². The van der Waals surface area contributed by atoms with Crippen molar-refractivity contribution in [2.24, 2.45) is 0 Å². The smallest absolute Gasteiger partial charge is 0.306 e. The van der Waals surface area contributed by atoms with E-state index in [1.165, 1.54) is 39.2 Å². The quantitative estimate of drug-likeness (QED) is 0.614. The molecule has 1 heterocycles. The van der Waals surface area contributed by atoms with Gasteiger partial charge in [0.25, 0.3) is 0 Å². The zero-order valence-corrected chi connectivity index (χ0v) is 12.4. The van der Waals surface area contributed by atoms with Crippen LogP contribution in [0.4, 0.5) is 0 Å². The van der Waals surface area contributed by atoms with E-state index >= 15 is 0 Å². The van der Waals surface area contributed by atoms with Gasteiger partial charge >= 0.3 is 5.97 Å². The predicted octanol–water partition coefficient (Wildman–Crippen LogP) is 2.75. The summed E-state index contributed by atoms with van der Waals surface area (Å²) in [7, 11) is 1.42. The van der Waals surface area contributed by atoms with Crippen molar-refractivity contribution in [1.82, 2.24) is 14.8 Å². The van der Waals surface area contributed by atoms with Crippen LogP contribution in [0.5, 0.6) is 0 Å². The van der Waals surface area contributed by atoms with Crippen LogP contribution in [0.1, 0.15) is 50.4 Å². The number of ether oxygens (including phenoxy) is 1. The van der Waals surface area contributed by atoms with Crippen LogP contribution < -0.4 is 0 Å². The first-order chi connectivity index (χ1) is 9.22. The van der Waals surface area contributed by atoms with Crippen molar-refractivity contribution in [2.45, 2.75) is 56.6 Å². The first-order valence-electron chi connectivity index (χ1n) is 6.83. The standard InChI is InChI=1S/C13H21N3O2S/c1-10-14-15-13(19-9-8-12(17)18-2)16(10)11-6-4-3-5-7-11/h11H,3-9H2,1-2H3. The molecule has 0 radical (unpaired) electrons. The molecule has 19 heavy (non-hydrogen) atoms. The van der Waals surface area contributed by atoms with E-state index in [2.05, 4.69) is 19.5 Å². The fourth-order valence-electron chi connectivity index (χ4n) is 2.54. The van der Waals surface area contributed by atoms with Crippen molar-refractivity contribution in [3.05, 3.63) is 5.82 Å². The summed E-state index contributed by atoms with van der Waals surface area (Å²) in [6, 6.07) is 0.532. The van der Waals surface area contributed by atoms with Crippen LogP contribution in [0.3, 0.4) is 0 Å². The summed E-state index contributed by atoms with van der Waals surface area (Å²) >= 11 is 1.59. The van der Waals surface area contributed by atoms with Crippen LogP contribution in [-0.2, 0) is 9.53 Å². The summed E-state index contributed by atoms with van der Waals surface area (Å²) in [5.41, 5.74) is 0. The van der Waals surface area contributed by atoms with Gasteiger partial charge in [0.15, 0.2) is 5.16 Å². The monoisotopic (exact) mass is 283 g/mol. The summed E-state index contributed by atoms with van der Waals surface area (Å²) in [5.74, 6) is 1.50. The van der Waals surface area contributed by atoms with Gasteiger partial charge < -0.3 is 9.30 Å². The molecule has 0 N–H and O–H groups in total. The number of aromatic nitrogens is 3. The number of esters is 1. The summed E-state index contributed by atoms with van der Waals surface area (Å²) in [6.45, 7) is 2.01. The Morgan fingerprint density at radius 1 is 1.37 bits per heavy atom. The van der Waals surface area contributed by atoms with E-state index in [1.54, 1.807) is 11.8 Å². The molecule has 0 aromatic carbocycles.